The minimum Gasteiger partial charge on any atom is -0.497 e. The third-order valence-corrected chi connectivity index (χ3v) is 5.81. The first-order valence-electron chi connectivity index (χ1n) is 7.54. The molecule has 130 valence electrons. The molecule has 5 nitrogen and oxygen atoms in total. The van der Waals surface area contributed by atoms with Gasteiger partial charge < -0.3 is 9.64 Å². The lowest BCUT2D eigenvalue weighted by atomic mass is 10.1. The third-order valence-electron chi connectivity index (χ3n) is 3.90. The number of sulfone groups is 1. The lowest BCUT2D eigenvalue weighted by Crippen LogP contribution is -2.41. The van der Waals surface area contributed by atoms with Crippen molar-refractivity contribution in [1.29, 1.82) is 0 Å². The van der Waals surface area contributed by atoms with Gasteiger partial charge in [0, 0.05) is 21.1 Å². The summed E-state index contributed by atoms with van der Waals surface area (Å²) in [4.78, 5) is 14.6. The average molecular weight is 422 g/mol. The van der Waals surface area contributed by atoms with Crippen molar-refractivity contribution in [3.8, 4) is 5.75 Å². The molecule has 0 radical (unpaired) electrons. The van der Waals surface area contributed by atoms with Gasteiger partial charge in [-0.15, -0.1) is 0 Å². The molecule has 1 aliphatic rings. The lowest BCUT2D eigenvalue weighted by molar-refractivity contribution is 0.0983. The van der Waals surface area contributed by atoms with Crippen LogP contribution in [0.3, 0.4) is 0 Å². The Morgan fingerprint density at radius 3 is 2.28 bits per heavy atom. The second-order valence-corrected chi connectivity index (χ2v) is 8.45. The second kappa shape index (κ2) is 7.01. The van der Waals surface area contributed by atoms with Crippen molar-refractivity contribution in [2.45, 2.75) is 6.04 Å². The molecular formula is C18H16BrNO4S. The number of ether oxygens (including phenoxy) is 1. The van der Waals surface area contributed by atoms with Gasteiger partial charge in [-0.3, -0.25) is 4.79 Å². The van der Waals surface area contributed by atoms with Crippen LogP contribution in [0.1, 0.15) is 10.4 Å². The van der Waals surface area contributed by atoms with Crippen LogP contribution in [0.25, 0.3) is 0 Å². The minimum atomic E-state index is -3.29. The second-order valence-electron chi connectivity index (χ2n) is 5.61. The van der Waals surface area contributed by atoms with E-state index in [2.05, 4.69) is 15.9 Å². The molecule has 7 heteroatoms. The van der Waals surface area contributed by atoms with E-state index in [9.17, 15) is 13.2 Å². The predicted octanol–water partition coefficient (Wildman–Crippen LogP) is 3.42. The molecule has 0 saturated heterocycles. The first-order chi connectivity index (χ1) is 11.9. The van der Waals surface area contributed by atoms with Crippen LogP contribution in [0.5, 0.6) is 5.75 Å². The van der Waals surface area contributed by atoms with E-state index < -0.39 is 15.9 Å². The highest BCUT2D eigenvalue weighted by Crippen LogP contribution is 2.27. The summed E-state index contributed by atoms with van der Waals surface area (Å²) in [5.41, 5.74) is 1.09. The van der Waals surface area contributed by atoms with E-state index in [0.29, 0.717) is 17.0 Å². The van der Waals surface area contributed by atoms with E-state index in [0.717, 1.165) is 4.47 Å². The maximum absolute atomic E-state index is 13.1. The SMILES string of the molecule is COc1ccc(C(=O)N(c2ccc(Br)cc2)C2C=CS(=O)(=O)C2)cc1. The van der Waals surface area contributed by atoms with Crippen molar-refractivity contribution < 1.29 is 17.9 Å². The number of amides is 1. The molecule has 2 aromatic carbocycles. The van der Waals surface area contributed by atoms with Crippen LogP contribution in [0.2, 0.25) is 0 Å². The Balaban J connectivity index is 1.99. The summed E-state index contributed by atoms with van der Waals surface area (Å²) in [6.45, 7) is 0. The molecule has 1 aliphatic heterocycles. The fourth-order valence-electron chi connectivity index (χ4n) is 2.65. The summed E-state index contributed by atoms with van der Waals surface area (Å²) in [6.07, 6.45) is 1.55. The van der Waals surface area contributed by atoms with Crippen molar-refractivity contribution in [2.75, 3.05) is 17.8 Å². The molecule has 0 saturated carbocycles. The smallest absolute Gasteiger partial charge is 0.258 e. The predicted molar refractivity (Wildman–Crippen MR) is 101 cm³/mol. The van der Waals surface area contributed by atoms with Gasteiger partial charge in [-0.05, 0) is 54.6 Å². The number of halogens is 1. The van der Waals surface area contributed by atoms with Crippen LogP contribution in [0.15, 0.2) is 64.5 Å². The van der Waals surface area contributed by atoms with Crippen LogP contribution in [0.4, 0.5) is 5.69 Å². The molecule has 0 fully saturated rings. The standard InChI is InChI=1S/C18H16BrNO4S/c1-24-17-8-2-13(3-9-17)18(21)20(15-6-4-14(19)5-7-15)16-10-11-25(22,23)12-16/h2-11,16H,12H2,1H3. The first-order valence-corrected chi connectivity index (χ1v) is 10.0. The summed E-state index contributed by atoms with van der Waals surface area (Å²) in [6, 6.07) is 13.4. The number of methoxy groups -OCH3 is 1. The largest absolute Gasteiger partial charge is 0.497 e. The normalized spacial score (nSPS) is 18.1. The fraction of sp³-hybridized carbons (Fsp3) is 0.167. The zero-order valence-electron chi connectivity index (χ0n) is 13.4. The Morgan fingerprint density at radius 2 is 1.76 bits per heavy atom. The Morgan fingerprint density at radius 1 is 1.12 bits per heavy atom. The number of rotatable bonds is 4. The number of carbonyl (C=O) groups excluding carboxylic acids is 1. The summed E-state index contributed by atoms with van der Waals surface area (Å²) in [5.74, 6) is 0.261. The van der Waals surface area contributed by atoms with Crippen molar-refractivity contribution in [3.63, 3.8) is 0 Å². The number of carbonyl (C=O) groups is 1. The van der Waals surface area contributed by atoms with Gasteiger partial charge in [-0.25, -0.2) is 8.42 Å². The van der Waals surface area contributed by atoms with Gasteiger partial charge >= 0.3 is 0 Å². The molecule has 25 heavy (non-hydrogen) atoms. The molecule has 0 N–H and O–H groups in total. The van der Waals surface area contributed by atoms with Crippen LogP contribution < -0.4 is 9.64 Å². The van der Waals surface area contributed by atoms with Crippen molar-refractivity contribution in [3.05, 3.63) is 70.1 Å². The summed E-state index contributed by atoms with van der Waals surface area (Å²) in [7, 11) is -1.73. The Labute approximate surface area is 155 Å². The third kappa shape index (κ3) is 3.93. The van der Waals surface area contributed by atoms with Crippen LogP contribution in [0, 0.1) is 0 Å². The average Bonchev–Trinajstić information content (AvgIpc) is 2.96. The van der Waals surface area contributed by atoms with Gasteiger partial charge in [0.25, 0.3) is 5.91 Å². The van der Waals surface area contributed by atoms with Gasteiger partial charge in [-0.1, -0.05) is 15.9 Å². The monoisotopic (exact) mass is 421 g/mol. The molecular weight excluding hydrogens is 406 g/mol. The Kier molecular flexibility index (Phi) is 4.96. The molecule has 1 amide bonds. The summed E-state index contributed by atoms with van der Waals surface area (Å²) < 4.78 is 29.6. The Hall–Kier alpha value is -2.12. The van der Waals surface area contributed by atoms with E-state index in [1.807, 2.05) is 12.1 Å². The van der Waals surface area contributed by atoms with Gasteiger partial charge in [0.05, 0.1) is 18.9 Å². The highest BCUT2D eigenvalue weighted by Gasteiger charge is 2.32. The van der Waals surface area contributed by atoms with Gasteiger partial charge in [0.2, 0.25) is 0 Å². The Bertz CT molecular complexity index is 905. The van der Waals surface area contributed by atoms with E-state index in [-0.39, 0.29) is 11.7 Å². The summed E-state index contributed by atoms with van der Waals surface area (Å²) >= 11 is 3.37. The minimum absolute atomic E-state index is 0.120. The van der Waals surface area contributed by atoms with Crippen molar-refractivity contribution in [1.82, 2.24) is 0 Å². The molecule has 0 bridgehead atoms. The van der Waals surface area contributed by atoms with Crippen LogP contribution in [-0.4, -0.2) is 33.2 Å². The number of anilines is 1. The molecule has 0 aliphatic carbocycles. The van der Waals surface area contributed by atoms with E-state index in [1.165, 1.54) is 10.3 Å². The maximum Gasteiger partial charge on any atom is 0.258 e. The van der Waals surface area contributed by atoms with E-state index >= 15 is 0 Å². The van der Waals surface area contributed by atoms with E-state index in [1.54, 1.807) is 49.6 Å². The zero-order valence-corrected chi connectivity index (χ0v) is 15.8. The van der Waals surface area contributed by atoms with E-state index in [4.69, 9.17) is 4.74 Å². The summed E-state index contributed by atoms with van der Waals surface area (Å²) in [5, 5.41) is 1.17. The maximum atomic E-state index is 13.1. The molecule has 0 aromatic heterocycles. The van der Waals surface area contributed by atoms with Crippen molar-refractivity contribution in [2.24, 2.45) is 0 Å². The number of nitrogens with zero attached hydrogens (tertiary/aromatic N) is 1. The molecule has 3 rings (SSSR count). The number of hydrogen-bond acceptors (Lipinski definition) is 4. The number of hydrogen-bond donors (Lipinski definition) is 0. The van der Waals surface area contributed by atoms with Gasteiger partial charge in [0.1, 0.15) is 5.75 Å². The van der Waals surface area contributed by atoms with Crippen LogP contribution in [-0.2, 0) is 9.84 Å². The molecule has 0 spiro atoms. The quantitative estimate of drug-likeness (QED) is 0.758. The highest BCUT2D eigenvalue weighted by molar-refractivity contribution is 9.10. The fourth-order valence-corrected chi connectivity index (χ4v) is 4.19. The molecule has 2 aromatic rings. The molecule has 1 heterocycles. The highest BCUT2D eigenvalue weighted by atomic mass is 79.9. The van der Waals surface area contributed by atoms with Gasteiger partial charge in [0.15, 0.2) is 9.84 Å². The molecule has 1 atom stereocenters. The zero-order chi connectivity index (χ0) is 18.0. The molecule has 1 unspecified atom stereocenters. The topological polar surface area (TPSA) is 63.7 Å². The number of benzene rings is 2. The first kappa shape index (κ1) is 17.7. The van der Waals surface area contributed by atoms with Gasteiger partial charge in [-0.2, -0.15) is 0 Å². The van der Waals surface area contributed by atoms with Crippen LogP contribution >= 0.6 is 15.9 Å². The lowest BCUT2D eigenvalue weighted by Gasteiger charge is -2.28. The van der Waals surface area contributed by atoms with Crippen molar-refractivity contribution >= 4 is 37.4 Å².